The fraction of sp³-hybridized carbons (Fsp3) is 0.385. The number of cyclic esters (lactones) is 1. The molecule has 1 atom stereocenters. The standard InChI is InChI=1S/C13H15NO3/c1-13(2)8-10(17-12(13)16)14-11(15)9-6-4-3-5-7-9/h3-7,10H,8H2,1-2H3,(H,14,15). The Morgan fingerprint density at radius 1 is 1.35 bits per heavy atom. The molecule has 0 aliphatic carbocycles. The highest BCUT2D eigenvalue weighted by Crippen LogP contribution is 2.31. The summed E-state index contributed by atoms with van der Waals surface area (Å²) in [4.78, 5) is 23.3. The summed E-state index contributed by atoms with van der Waals surface area (Å²) >= 11 is 0. The molecule has 0 saturated carbocycles. The SMILES string of the molecule is CC1(C)CC(NC(=O)c2ccccc2)OC1=O. The summed E-state index contributed by atoms with van der Waals surface area (Å²) in [5.41, 5.74) is 0.0440. The van der Waals surface area contributed by atoms with Crippen LogP contribution in [-0.4, -0.2) is 18.1 Å². The lowest BCUT2D eigenvalue weighted by atomic mass is 9.91. The van der Waals surface area contributed by atoms with Crippen molar-refractivity contribution in [2.45, 2.75) is 26.5 Å². The van der Waals surface area contributed by atoms with Gasteiger partial charge in [0.05, 0.1) is 5.41 Å². The number of ether oxygens (including phenoxy) is 1. The van der Waals surface area contributed by atoms with Crippen LogP contribution in [0.4, 0.5) is 0 Å². The van der Waals surface area contributed by atoms with E-state index in [0.717, 1.165) is 0 Å². The number of nitrogens with one attached hydrogen (secondary N) is 1. The van der Waals surface area contributed by atoms with Gasteiger partial charge >= 0.3 is 5.97 Å². The maximum atomic E-state index is 11.8. The summed E-state index contributed by atoms with van der Waals surface area (Å²) in [6.07, 6.45) is -0.0186. The van der Waals surface area contributed by atoms with Gasteiger partial charge in [0.2, 0.25) is 0 Å². The number of benzene rings is 1. The van der Waals surface area contributed by atoms with Gasteiger partial charge in [-0.15, -0.1) is 0 Å². The van der Waals surface area contributed by atoms with Gasteiger partial charge < -0.3 is 10.1 Å². The lowest BCUT2D eigenvalue weighted by molar-refractivity contribution is -0.147. The van der Waals surface area contributed by atoms with Crippen LogP contribution in [-0.2, 0) is 9.53 Å². The highest BCUT2D eigenvalue weighted by atomic mass is 16.6. The molecule has 1 aromatic rings. The number of rotatable bonds is 2. The molecule has 1 fully saturated rings. The van der Waals surface area contributed by atoms with Crippen LogP contribution >= 0.6 is 0 Å². The van der Waals surface area contributed by atoms with Crippen molar-refractivity contribution in [3.63, 3.8) is 0 Å². The average molecular weight is 233 g/mol. The molecule has 0 aromatic heterocycles. The molecule has 1 unspecified atom stereocenters. The summed E-state index contributed by atoms with van der Waals surface area (Å²) in [5.74, 6) is -0.489. The van der Waals surface area contributed by atoms with Crippen molar-refractivity contribution < 1.29 is 14.3 Å². The summed E-state index contributed by atoms with van der Waals surface area (Å²) in [6.45, 7) is 3.62. The topological polar surface area (TPSA) is 55.4 Å². The molecule has 90 valence electrons. The Labute approximate surface area is 100.0 Å². The van der Waals surface area contributed by atoms with Crippen LogP contribution in [0, 0.1) is 5.41 Å². The molecule has 1 aliphatic rings. The predicted octanol–water partition coefficient (Wildman–Crippen LogP) is 1.72. The molecular formula is C13H15NO3. The largest absolute Gasteiger partial charge is 0.441 e. The zero-order valence-electron chi connectivity index (χ0n) is 9.90. The van der Waals surface area contributed by atoms with E-state index in [4.69, 9.17) is 4.74 Å². The quantitative estimate of drug-likeness (QED) is 0.791. The van der Waals surface area contributed by atoms with Gasteiger partial charge in [0, 0.05) is 12.0 Å². The van der Waals surface area contributed by atoms with Crippen molar-refractivity contribution in [3.05, 3.63) is 35.9 Å². The number of carbonyl (C=O) groups is 2. The molecule has 4 heteroatoms. The molecule has 1 aromatic carbocycles. The smallest absolute Gasteiger partial charge is 0.313 e. The van der Waals surface area contributed by atoms with Crippen LogP contribution in [0.5, 0.6) is 0 Å². The van der Waals surface area contributed by atoms with E-state index in [0.29, 0.717) is 12.0 Å². The van der Waals surface area contributed by atoms with Crippen LogP contribution in [0.2, 0.25) is 0 Å². The summed E-state index contributed by atoms with van der Waals surface area (Å²) in [7, 11) is 0. The minimum Gasteiger partial charge on any atom is -0.441 e. The number of hydrogen-bond donors (Lipinski definition) is 1. The summed E-state index contributed by atoms with van der Waals surface area (Å²) < 4.78 is 5.10. The Hall–Kier alpha value is -1.84. The molecule has 17 heavy (non-hydrogen) atoms. The van der Waals surface area contributed by atoms with E-state index in [1.165, 1.54) is 0 Å². The number of amides is 1. The van der Waals surface area contributed by atoms with Crippen LogP contribution in [0.15, 0.2) is 30.3 Å². The summed E-state index contributed by atoms with van der Waals surface area (Å²) in [6, 6.07) is 8.86. The van der Waals surface area contributed by atoms with Gasteiger partial charge in [-0.25, -0.2) is 0 Å². The highest BCUT2D eigenvalue weighted by Gasteiger charge is 2.42. The molecular weight excluding hydrogens is 218 g/mol. The van der Waals surface area contributed by atoms with Crippen molar-refractivity contribution in [1.82, 2.24) is 5.32 Å². The van der Waals surface area contributed by atoms with E-state index in [1.807, 2.05) is 19.9 Å². The minimum atomic E-state index is -0.523. The second-order valence-corrected chi connectivity index (χ2v) is 4.82. The van der Waals surface area contributed by atoms with Crippen molar-refractivity contribution in [2.75, 3.05) is 0 Å². The number of esters is 1. The maximum Gasteiger partial charge on any atom is 0.313 e. The number of hydrogen-bond acceptors (Lipinski definition) is 3. The first-order chi connectivity index (χ1) is 7.99. The van der Waals surface area contributed by atoms with E-state index >= 15 is 0 Å². The molecule has 4 nitrogen and oxygen atoms in total. The lowest BCUT2D eigenvalue weighted by Gasteiger charge is -2.12. The molecule has 1 aliphatic heterocycles. The van der Waals surface area contributed by atoms with Crippen LogP contribution in [0.1, 0.15) is 30.6 Å². The fourth-order valence-corrected chi connectivity index (χ4v) is 1.78. The Kier molecular flexibility index (Phi) is 2.88. The Bertz CT molecular complexity index is 439. The van der Waals surface area contributed by atoms with Gasteiger partial charge in [-0.05, 0) is 26.0 Å². The predicted molar refractivity (Wildman–Crippen MR) is 62.2 cm³/mol. The molecule has 0 bridgehead atoms. The van der Waals surface area contributed by atoms with Gasteiger partial charge in [-0.2, -0.15) is 0 Å². The fourth-order valence-electron chi connectivity index (χ4n) is 1.78. The zero-order valence-corrected chi connectivity index (χ0v) is 9.90. The Balaban J connectivity index is 2.00. The van der Waals surface area contributed by atoms with Crippen molar-refractivity contribution >= 4 is 11.9 Å². The van der Waals surface area contributed by atoms with Crippen molar-refractivity contribution in [3.8, 4) is 0 Å². The molecule has 1 heterocycles. The first kappa shape index (κ1) is 11.6. The first-order valence-corrected chi connectivity index (χ1v) is 5.56. The van der Waals surface area contributed by atoms with Gasteiger partial charge in [0.15, 0.2) is 6.23 Å². The molecule has 2 rings (SSSR count). The second kappa shape index (κ2) is 4.20. The van der Waals surface area contributed by atoms with Gasteiger partial charge in [-0.3, -0.25) is 9.59 Å². The average Bonchev–Trinajstić information content (AvgIpc) is 2.53. The van der Waals surface area contributed by atoms with Crippen LogP contribution in [0.25, 0.3) is 0 Å². The molecule has 1 amide bonds. The van der Waals surface area contributed by atoms with Crippen LogP contribution in [0.3, 0.4) is 0 Å². The third kappa shape index (κ3) is 2.46. The van der Waals surface area contributed by atoms with Crippen molar-refractivity contribution in [2.24, 2.45) is 5.41 Å². The minimum absolute atomic E-state index is 0.221. The number of carbonyl (C=O) groups excluding carboxylic acids is 2. The summed E-state index contributed by atoms with van der Waals surface area (Å²) in [5, 5.41) is 2.70. The van der Waals surface area contributed by atoms with Crippen LogP contribution < -0.4 is 5.32 Å². The van der Waals surface area contributed by atoms with Gasteiger partial charge in [-0.1, -0.05) is 18.2 Å². The zero-order chi connectivity index (χ0) is 12.5. The third-order valence-electron chi connectivity index (χ3n) is 2.83. The molecule has 1 N–H and O–H groups in total. The van der Waals surface area contributed by atoms with E-state index in [9.17, 15) is 9.59 Å². The molecule has 1 saturated heterocycles. The van der Waals surface area contributed by atoms with E-state index in [-0.39, 0.29) is 11.9 Å². The second-order valence-electron chi connectivity index (χ2n) is 4.82. The van der Waals surface area contributed by atoms with E-state index in [2.05, 4.69) is 5.32 Å². The highest BCUT2D eigenvalue weighted by molar-refractivity contribution is 5.94. The van der Waals surface area contributed by atoms with Gasteiger partial charge in [0.1, 0.15) is 0 Å². The maximum absolute atomic E-state index is 11.8. The molecule has 0 radical (unpaired) electrons. The first-order valence-electron chi connectivity index (χ1n) is 5.56. The monoisotopic (exact) mass is 233 g/mol. The van der Waals surface area contributed by atoms with Crippen molar-refractivity contribution in [1.29, 1.82) is 0 Å². The third-order valence-corrected chi connectivity index (χ3v) is 2.83. The van der Waals surface area contributed by atoms with E-state index in [1.54, 1.807) is 24.3 Å². The lowest BCUT2D eigenvalue weighted by Crippen LogP contribution is -2.34. The Morgan fingerprint density at radius 2 is 2.00 bits per heavy atom. The normalized spacial score (nSPS) is 22.0. The van der Waals surface area contributed by atoms with E-state index < -0.39 is 11.6 Å². The Morgan fingerprint density at radius 3 is 2.53 bits per heavy atom. The van der Waals surface area contributed by atoms with Gasteiger partial charge in [0.25, 0.3) is 5.91 Å². The molecule has 0 spiro atoms.